The molecule has 0 bridgehead atoms. The number of phenolic OH excluding ortho intramolecular Hbond substituents is 1. The number of nitro benzene ring substituents is 1. The second-order valence-electron chi connectivity index (χ2n) is 7.08. The van der Waals surface area contributed by atoms with Crippen molar-refractivity contribution in [2.75, 3.05) is 49.1 Å². The molecule has 0 saturated carbocycles. The minimum atomic E-state index is -0.479. The Bertz CT molecular complexity index is 1200. The molecule has 3 N–H and O–H groups in total. The van der Waals surface area contributed by atoms with Crippen LogP contribution in [0.15, 0.2) is 47.6 Å². The number of nitro groups is 1. The predicted octanol–water partition coefficient (Wildman–Crippen LogP) is 2.52. The maximum atomic E-state index is 11.1. The third-order valence-corrected chi connectivity index (χ3v) is 4.85. The van der Waals surface area contributed by atoms with Gasteiger partial charge in [-0.15, -0.1) is 0 Å². The fraction of sp³-hybridized carbons (Fsp3) is 0.238. The molecule has 2 heterocycles. The molecule has 1 aromatic heterocycles. The third-order valence-electron chi connectivity index (χ3n) is 4.85. The van der Waals surface area contributed by atoms with E-state index in [0.29, 0.717) is 49.3 Å². The van der Waals surface area contributed by atoms with E-state index >= 15 is 0 Å². The molecular formula is C21H22N8O5. The number of aromatic hydroxyl groups is 1. The van der Waals surface area contributed by atoms with Crippen molar-refractivity contribution in [1.29, 1.82) is 0 Å². The van der Waals surface area contributed by atoms with E-state index in [1.54, 1.807) is 30.3 Å². The van der Waals surface area contributed by atoms with Crippen molar-refractivity contribution in [3.8, 4) is 11.5 Å². The Balaban J connectivity index is 1.59. The highest BCUT2D eigenvalue weighted by Gasteiger charge is 2.17. The summed E-state index contributed by atoms with van der Waals surface area (Å²) < 4.78 is 10.5. The van der Waals surface area contributed by atoms with Crippen LogP contribution in [0, 0.1) is 10.1 Å². The number of hydrazone groups is 1. The van der Waals surface area contributed by atoms with Gasteiger partial charge in [0, 0.05) is 36.5 Å². The van der Waals surface area contributed by atoms with Gasteiger partial charge in [-0.25, -0.2) is 5.43 Å². The Labute approximate surface area is 194 Å². The summed E-state index contributed by atoms with van der Waals surface area (Å²) in [6.07, 6.45) is 1.41. The molecule has 13 heteroatoms. The molecule has 4 rings (SSSR count). The molecule has 13 nitrogen and oxygen atoms in total. The summed E-state index contributed by atoms with van der Waals surface area (Å²) in [6, 6.07) is 11.0. The number of ether oxygens (including phenoxy) is 2. The van der Waals surface area contributed by atoms with E-state index in [1.165, 1.54) is 25.5 Å². The molecule has 2 aromatic carbocycles. The van der Waals surface area contributed by atoms with Gasteiger partial charge >= 0.3 is 0 Å². The monoisotopic (exact) mass is 466 g/mol. The lowest BCUT2D eigenvalue weighted by atomic mass is 10.2. The molecule has 0 amide bonds. The normalized spacial score (nSPS) is 13.6. The topological polar surface area (TPSA) is 160 Å². The number of nitrogens with zero attached hydrogens (tertiary/aromatic N) is 6. The SMILES string of the molecule is COc1cccc(/C=N/Nc2nc(Nc3cccc([N+](=O)[O-])c3)nc(N3CCOCC3)n2)c1O. The van der Waals surface area contributed by atoms with Crippen molar-refractivity contribution in [3.63, 3.8) is 0 Å². The lowest BCUT2D eigenvalue weighted by Crippen LogP contribution is -2.37. The van der Waals surface area contributed by atoms with Crippen molar-refractivity contribution in [2.45, 2.75) is 0 Å². The smallest absolute Gasteiger partial charge is 0.271 e. The molecule has 1 aliphatic rings. The highest BCUT2D eigenvalue weighted by Crippen LogP contribution is 2.28. The second-order valence-corrected chi connectivity index (χ2v) is 7.08. The fourth-order valence-electron chi connectivity index (χ4n) is 3.17. The number of hydrogen-bond acceptors (Lipinski definition) is 12. The fourth-order valence-corrected chi connectivity index (χ4v) is 3.17. The van der Waals surface area contributed by atoms with Gasteiger partial charge in [0.2, 0.25) is 17.8 Å². The zero-order chi connectivity index (χ0) is 23.9. The lowest BCUT2D eigenvalue weighted by molar-refractivity contribution is -0.384. The number of rotatable bonds is 8. The van der Waals surface area contributed by atoms with E-state index in [4.69, 9.17) is 9.47 Å². The van der Waals surface area contributed by atoms with Crippen LogP contribution in [0.3, 0.4) is 0 Å². The molecule has 1 aliphatic heterocycles. The molecule has 1 fully saturated rings. The average molecular weight is 466 g/mol. The summed E-state index contributed by atoms with van der Waals surface area (Å²) in [4.78, 5) is 25.7. The molecule has 34 heavy (non-hydrogen) atoms. The third kappa shape index (κ3) is 5.45. The van der Waals surface area contributed by atoms with E-state index in [2.05, 4.69) is 30.8 Å². The summed E-state index contributed by atoms with van der Waals surface area (Å²) in [5.74, 6) is 0.991. The summed E-state index contributed by atoms with van der Waals surface area (Å²) in [7, 11) is 1.46. The highest BCUT2D eigenvalue weighted by atomic mass is 16.6. The van der Waals surface area contributed by atoms with Crippen molar-refractivity contribution >= 4 is 35.4 Å². The molecular weight excluding hydrogens is 444 g/mol. The Morgan fingerprint density at radius 2 is 1.94 bits per heavy atom. The van der Waals surface area contributed by atoms with Gasteiger partial charge in [-0.1, -0.05) is 12.1 Å². The zero-order valence-electron chi connectivity index (χ0n) is 18.2. The Morgan fingerprint density at radius 3 is 2.71 bits per heavy atom. The van der Waals surface area contributed by atoms with Crippen LogP contribution in [0.1, 0.15) is 5.56 Å². The average Bonchev–Trinajstić information content (AvgIpc) is 2.85. The number of morpholine rings is 1. The summed E-state index contributed by atoms with van der Waals surface area (Å²) >= 11 is 0. The molecule has 0 unspecified atom stereocenters. The Kier molecular flexibility index (Phi) is 6.93. The largest absolute Gasteiger partial charge is 0.504 e. The van der Waals surface area contributed by atoms with Crippen LogP contribution in [0.5, 0.6) is 11.5 Å². The first-order valence-corrected chi connectivity index (χ1v) is 10.3. The van der Waals surface area contributed by atoms with Crippen molar-refractivity contribution in [2.24, 2.45) is 5.10 Å². The van der Waals surface area contributed by atoms with E-state index in [1.807, 2.05) is 4.90 Å². The van der Waals surface area contributed by atoms with Gasteiger partial charge in [0.05, 0.1) is 31.5 Å². The Morgan fingerprint density at radius 1 is 1.18 bits per heavy atom. The van der Waals surface area contributed by atoms with Gasteiger partial charge in [-0.3, -0.25) is 10.1 Å². The van der Waals surface area contributed by atoms with Gasteiger partial charge in [-0.05, 0) is 18.2 Å². The number of phenols is 1. The molecule has 1 saturated heterocycles. The number of anilines is 4. The molecule has 0 spiro atoms. The highest BCUT2D eigenvalue weighted by molar-refractivity contribution is 5.85. The number of hydrogen-bond donors (Lipinski definition) is 3. The maximum absolute atomic E-state index is 11.1. The van der Waals surface area contributed by atoms with Crippen molar-refractivity contribution in [1.82, 2.24) is 15.0 Å². The van der Waals surface area contributed by atoms with E-state index in [9.17, 15) is 15.2 Å². The molecule has 0 aliphatic carbocycles. The second kappa shape index (κ2) is 10.4. The predicted molar refractivity (Wildman–Crippen MR) is 125 cm³/mol. The number of non-ortho nitro benzene ring substituents is 1. The number of benzene rings is 2. The van der Waals surface area contributed by atoms with E-state index in [-0.39, 0.29) is 23.3 Å². The quantitative estimate of drug-likeness (QED) is 0.254. The Hall–Kier alpha value is -4.52. The summed E-state index contributed by atoms with van der Waals surface area (Å²) in [5, 5.41) is 28.4. The first-order valence-electron chi connectivity index (χ1n) is 10.3. The van der Waals surface area contributed by atoms with Gasteiger partial charge in [0.15, 0.2) is 11.5 Å². The molecule has 0 atom stereocenters. The van der Waals surface area contributed by atoms with Crippen LogP contribution in [-0.2, 0) is 4.74 Å². The summed E-state index contributed by atoms with van der Waals surface area (Å²) in [5.41, 5.74) is 3.56. The molecule has 3 aromatic rings. The minimum absolute atomic E-state index is 0.0479. The minimum Gasteiger partial charge on any atom is -0.504 e. The van der Waals surface area contributed by atoms with Crippen molar-refractivity contribution in [3.05, 3.63) is 58.1 Å². The molecule has 176 valence electrons. The number of nitrogens with one attached hydrogen (secondary N) is 2. The first kappa shape index (κ1) is 22.7. The van der Waals surface area contributed by atoms with Gasteiger partial charge in [0.1, 0.15) is 0 Å². The van der Waals surface area contributed by atoms with Crippen LogP contribution in [0.25, 0.3) is 0 Å². The van der Waals surface area contributed by atoms with E-state index in [0.717, 1.165) is 0 Å². The molecule has 0 radical (unpaired) electrons. The zero-order valence-corrected chi connectivity index (χ0v) is 18.2. The maximum Gasteiger partial charge on any atom is 0.271 e. The standard InChI is InChI=1S/C21H22N8O5/c1-33-17-7-2-4-14(18(17)30)13-22-27-20-24-19(23-15-5-3-6-16(12-15)29(31)32)25-21(26-20)28-8-10-34-11-9-28/h2-7,12-13,30H,8-11H2,1H3,(H2,23,24,25,26,27)/b22-13+. The van der Waals surface area contributed by atoms with Crippen LogP contribution >= 0.6 is 0 Å². The van der Waals surface area contributed by atoms with Crippen molar-refractivity contribution < 1.29 is 19.5 Å². The number of aromatic nitrogens is 3. The van der Waals surface area contributed by atoms with Crippen LogP contribution < -0.4 is 20.4 Å². The van der Waals surface area contributed by atoms with Crippen LogP contribution in [0.2, 0.25) is 0 Å². The van der Waals surface area contributed by atoms with E-state index < -0.39 is 4.92 Å². The number of methoxy groups -OCH3 is 1. The number of para-hydroxylation sites is 1. The van der Waals surface area contributed by atoms with Crippen LogP contribution in [0.4, 0.5) is 29.2 Å². The lowest BCUT2D eigenvalue weighted by Gasteiger charge is -2.27. The van der Waals surface area contributed by atoms with Gasteiger partial charge < -0.3 is 24.8 Å². The summed E-state index contributed by atoms with van der Waals surface area (Å²) in [6.45, 7) is 2.27. The van der Waals surface area contributed by atoms with Gasteiger partial charge in [-0.2, -0.15) is 20.1 Å². The van der Waals surface area contributed by atoms with Crippen LogP contribution in [-0.4, -0.2) is 64.6 Å². The van der Waals surface area contributed by atoms with Gasteiger partial charge in [0.25, 0.3) is 5.69 Å². The first-order chi connectivity index (χ1) is 16.5.